The van der Waals surface area contributed by atoms with Crippen molar-refractivity contribution in [2.45, 2.75) is 12.8 Å². The average Bonchev–Trinajstić information content (AvgIpc) is 3.24. The zero-order valence-electron chi connectivity index (χ0n) is 13.4. The van der Waals surface area contributed by atoms with Gasteiger partial charge in [0.05, 0.1) is 21.8 Å². The Morgan fingerprint density at radius 3 is 2.12 bits per heavy atom. The van der Waals surface area contributed by atoms with Crippen molar-refractivity contribution >= 4 is 35.0 Å². The Bertz CT molecular complexity index is 868. The van der Waals surface area contributed by atoms with Crippen molar-refractivity contribution in [3.63, 3.8) is 0 Å². The van der Waals surface area contributed by atoms with Crippen LogP contribution in [0.5, 0.6) is 0 Å². The molecule has 2 aliphatic heterocycles. The third-order valence-electron chi connectivity index (χ3n) is 4.62. The van der Waals surface area contributed by atoms with Crippen molar-refractivity contribution in [2.75, 3.05) is 18.0 Å². The Kier molecular flexibility index (Phi) is 3.81. The number of rotatable bonds is 2. The summed E-state index contributed by atoms with van der Waals surface area (Å²) in [5.74, 6) is -0.950. The van der Waals surface area contributed by atoms with E-state index in [9.17, 15) is 14.4 Å². The van der Waals surface area contributed by atoms with Crippen LogP contribution in [0.2, 0.25) is 5.02 Å². The van der Waals surface area contributed by atoms with Crippen LogP contribution in [0.1, 0.15) is 43.9 Å². The molecule has 1 saturated heterocycles. The fraction of sp³-hybridized carbons (Fsp3) is 0.211. The van der Waals surface area contributed by atoms with Gasteiger partial charge in [-0.3, -0.25) is 14.4 Å². The third kappa shape index (κ3) is 2.51. The van der Waals surface area contributed by atoms with Crippen LogP contribution in [0.15, 0.2) is 42.5 Å². The summed E-state index contributed by atoms with van der Waals surface area (Å²) in [5.41, 5.74) is 1.37. The lowest BCUT2D eigenvalue weighted by Crippen LogP contribution is -2.31. The molecule has 2 aromatic carbocycles. The van der Waals surface area contributed by atoms with E-state index < -0.39 is 11.8 Å². The van der Waals surface area contributed by atoms with Crippen LogP contribution in [-0.4, -0.2) is 35.7 Å². The quantitative estimate of drug-likeness (QED) is 0.777. The number of imide groups is 1. The molecule has 1 fully saturated rings. The molecule has 2 aliphatic rings. The second kappa shape index (κ2) is 6.01. The summed E-state index contributed by atoms with van der Waals surface area (Å²) < 4.78 is 0. The summed E-state index contributed by atoms with van der Waals surface area (Å²) in [6.07, 6.45) is 1.98. The summed E-state index contributed by atoms with van der Waals surface area (Å²) in [6, 6.07) is 11.4. The molecule has 0 atom stereocenters. The standard InChI is InChI=1S/C19H15ClN2O3/c20-15-8-7-12(17(23)21-9-3-4-10-21)11-16(15)22-18(24)13-5-1-2-6-14(13)19(22)25/h1-2,5-8,11H,3-4,9-10H2. The number of carbonyl (C=O) groups excluding carboxylic acids is 3. The van der Waals surface area contributed by atoms with Crippen LogP contribution in [-0.2, 0) is 0 Å². The summed E-state index contributed by atoms with van der Waals surface area (Å²) in [4.78, 5) is 40.7. The molecule has 6 heteroatoms. The normalized spacial score (nSPS) is 16.5. The molecular weight excluding hydrogens is 340 g/mol. The number of carbonyl (C=O) groups is 3. The van der Waals surface area contributed by atoms with Gasteiger partial charge in [-0.2, -0.15) is 0 Å². The van der Waals surface area contributed by atoms with Gasteiger partial charge in [-0.05, 0) is 43.2 Å². The van der Waals surface area contributed by atoms with Crippen molar-refractivity contribution in [1.82, 2.24) is 4.90 Å². The first-order valence-electron chi connectivity index (χ1n) is 8.14. The molecule has 4 rings (SSSR count). The summed E-state index contributed by atoms with van der Waals surface area (Å²) >= 11 is 6.24. The van der Waals surface area contributed by atoms with Crippen molar-refractivity contribution < 1.29 is 14.4 Å². The van der Waals surface area contributed by atoms with Gasteiger partial charge in [0.2, 0.25) is 0 Å². The Labute approximate surface area is 149 Å². The Morgan fingerprint density at radius 1 is 0.920 bits per heavy atom. The topological polar surface area (TPSA) is 57.7 Å². The molecule has 0 aromatic heterocycles. The second-order valence-electron chi connectivity index (χ2n) is 6.16. The first kappa shape index (κ1) is 15.8. The number of anilines is 1. The van der Waals surface area contributed by atoms with E-state index in [0.29, 0.717) is 16.7 Å². The number of halogens is 1. The molecule has 0 saturated carbocycles. The van der Waals surface area contributed by atoms with Crippen molar-refractivity contribution in [3.8, 4) is 0 Å². The maximum atomic E-state index is 12.6. The number of benzene rings is 2. The lowest BCUT2D eigenvalue weighted by Gasteiger charge is -2.19. The molecule has 0 unspecified atom stereocenters. The number of fused-ring (bicyclic) bond motifs is 1. The highest BCUT2D eigenvalue weighted by Crippen LogP contribution is 2.34. The van der Waals surface area contributed by atoms with E-state index in [2.05, 4.69) is 0 Å². The summed E-state index contributed by atoms with van der Waals surface area (Å²) in [6.45, 7) is 1.45. The van der Waals surface area contributed by atoms with Gasteiger partial charge in [0.25, 0.3) is 17.7 Å². The van der Waals surface area contributed by atoms with Crippen LogP contribution >= 0.6 is 11.6 Å². The molecule has 0 aliphatic carbocycles. The zero-order chi connectivity index (χ0) is 17.6. The van der Waals surface area contributed by atoms with Gasteiger partial charge in [0.1, 0.15) is 0 Å². The van der Waals surface area contributed by atoms with Crippen LogP contribution in [0.4, 0.5) is 5.69 Å². The molecule has 5 nitrogen and oxygen atoms in total. The first-order valence-corrected chi connectivity index (χ1v) is 8.52. The van der Waals surface area contributed by atoms with E-state index in [4.69, 9.17) is 11.6 Å². The lowest BCUT2D eigenvalue weighted by molar-refractivity contribution is 0.0791. The van der Waals surface area contributed by atoms with Crippen molar-refractivity contribution in [1.29, 1.82) is 0 Å². The highest BCUT2D eigenvalue weighted by molar-refractivity contribution is 6.40. The van der Waals surface area contributed by atoms with Gasteiger partial charge < -0.3 is 4.90 Å². The number of amides is 3. The molecule has 0 N–H and O–H groups in total. The monoisotopic (exact) mass is 354 g/mol. The lowest BCUT2D eigenvalue weighted by atomic mass is 10.1. The van der Waals surface area contributed by atoms with Crippen LogP contribution in [0.3, 0.4) is 0 Å². The van der Waals surface area contributed by atoms with Gasteiger partial charge in [-0.25, -0.2) is 4.90 Å². The predicted octanol–water partition coefficient (Wildman–Crippen LogP) is 3.38. The van der Waals surface area contributed by atoms with Gasteiger partial charge in [0, 0.05) is 18.7 Å². The van der Waals surface area contributed by atoms with Crippen molar-refractivity contribution in [2.24, 2.45) is 0 Å². The minimum absolute atomic E-state index is 0.105. The Morgan fingerprint density at radius 2 is 1.52 bits per heavy atom. The number of hydrogen-bond acceptors (Lipinski definition) is 3. The Balaban J connectivity index is 1.74. The molecule has 126 valence electrons. The highest BCUT2D eigenvalue weighted by Gasteiger charge is 2.37. The SMILES string of the molecule is O=C(c1ccc(Cl)c(N2C(=O)c3ccccc3C2=O)c1)N1CCCC1. The van der Waals surface area contributed by atoms with E-state index in [0.717, 1.165) is 30.8 Å². The smallest absolute Gasteiger partial charge is 0.266 e. The number of hydrogen-bond donors (Lipinski definition) is 0. The van der Waals surface area contributed by atoms with Crippen LogP contribution in [0, 0.1) is 0 Å². The average molecular weight is 355 g/mol. The fourth-order valence-electron chi connectivity index (χ4n) is 3.33. The maximum Gasteiger partial charge on any atom is 0.266 e. The van der Waals surface area contributed by atoms with Gasteiger partial charge in [0.15, 0.2) is 0 Å². The van der Waals surface area contributed by atoms with Crippen LogP contribution in [0.25, 0.3) is 0 Å². The second-order valence-corrected chi connectivity index (χ2v) is 6.56. The summed E-state index contributed by atoms with van der Waals surface area (Å²) in [5, 5.41) is 0.257. The molecule has 2 heterocycles. The van der Waals surface area contributed by atoms with Gasteiger partial charge in [-0.1, -0.05) is 23.7 Å². The minimum Gasteiger partial charge on any atom is -0.339 e. The van der Waals surface area contributed by atoms with Gasteiger partial charge in [-0.15, -0.1) is 0 Å². The molecule has 0 bridgehead atoms. The van der Waals surface area contributed by atoms with E-state index >= 15 is 0 Å². The third-order valence-corrected chi connectivity index (χ3v) is 4.94. The molecule has 0 spiro atoms. The van der Waals surface area contributed by atoms with Crippen molar-refractivity contribution in [3.05, 3.63) is 64.2 Å². The predicted molar refractivity (Wildman–Crippen MR) is 94.2 cm³/mol. The molecule has 25 heavy (non-hydrogen) atoms. The zero-order valence-corrected chi connectivity index (χ0v) is 14.1. The number of likely N-dealkylation sites (tertiary alicyclic amines) is 1. The largest absolute Gasteiger partial charge is 0.339 e. The van der Waals surface area contributed by atoms with Gasteiger partial charge >= 0.3 is 0 Å². The summed E-state index contributed by atoms with van der Waals surface area (Å²) in [7, 11) is 0. The first-order chi connectivity index (χ1) is 12.1. The molecule has 2 aromatic rings. The van der Waals surface area contributed by atoms with E-state index in [1.165, 1.54) is 6.07 Å². The minimum atomic E-state index is -0.423. The Hall–Kier alpha value is -2.66. The molecule has 0 radical (unpaired) electrons. The van der Waals surface area contributed by atoms with Crippen LogP contribution < -0.4 is 4.90 Å². The maximum absolute atomic E-state index is 12.6. The highest BCUT2D eigenvalue weighted by atomic mass is 35.5. The van der Waals surface area contributed by atoms with E-state index in [1.54, 1.807) is 41.3 Å². The molecular formula is C19H15ClN2O3. The van der Waals surface area contributed by atoms with E-state index in [1.807, 2.05) is 0 Å². The van der Waals surface area contributed by atoms with E-state index in [-0.39, 0.29) is 16.6 Å². The number of nitrogens with zero attached hydrogens (tertiary/aromatic N) is 2. The molecule has 3 amide bonds. The fourth-order valence-corrected chi connectivity index (χ4v) is 3.53.